The molecule has 0 saturated heterocycles. The standard InChI is InChI=1S/C16H24N2O3/c1-16(2,3)18-15(20)11-17-14(19)10-9-12-7-5-6-8-13(12)21-4/h5-8H,9-11H2,1-4H3,(H,17,19)(H,18,20). The van der Waals surface area contributed by atoms with Gasteiger partial charge in [0.25, 0.3) is 0 Å². The van der Waals surface area contributed by atoms with Crippen molar-refractivity contribution in [2.24, 2.45) is 0 Å². The summed E-state index contributed by atoms with van der Waals surface area (Å²) in [7, 11) is 1.61. The van der Waals surface area contributed by atoms with Gasteiger partial charge in [0, 0.05) is 12.0 Å². The van der Waals surface area contributed by atoms with Gasteiger partial charge in [-0.25, -0.2) is 0 Å². The number of nitrogens with one attached hydrogen (secondary N) is 2. The van der Waals surface area contributed by atoms with E-state index in [1.165, 1.54) is 0 Å². The van der Waals surface area contributed by atoms with Crippen molar-refractivity contribution in [2.45, 2.75) is 39.2 Å². The van der Waals surface area contributed by atoms with E-state index in [0.717, 1.165) is 11.3 Å². The molecule has 0 aliphatic heterocycles. The Morgan fingerprint density at radius 2 is 1.81 bits per heavy atom. The van der Waals surface area contributed by atoms with E-state index >= 15 is 0 Å². The molecule has 0 spiro atoms. The van der Waals surface area contributed by atoms with Crippen LogP contribution in [0.3, 0.4) is 0 Å². The molecule has 21 heavy (non-hydrogen) atoms. The van der Waals surface area contributed by atoms with Gasteiger partial charge in [-0.15, -0.1) is 0 Å². The summed E-state index contributed by atoms with van der Waals surface area (Å²) in [6, 6.07) is 7.59. The minimum atomic E-state index is -0.292. The summed E-state index contributed by atoms with van der Waals surface area (Å²) >= 11 is 0. The number of hydrogen-bond donors (Lipinski definition) is 2. The van der Waals surface area contributed by atoms with Crippen molar-refractivity contribution in [3.05, 3.63) is 29.8 Å². The normalized spacial score (nSPS) is 10.9. The highest BCUT2D eigenvalue weighted by atomic mass is 16.5. The molecule has 0 radical (unpaired) electrons. The summed E-state index contributed by atoms with van der Waals surface area (Å²) in [6.45, 7) is 5.69. The summed E-state index contributed by atoms with van der Waals surface area (Å²) in [6.07, 6.45) is 0.903. The van der Waals surface area contributed by atoms with E-state index in [-0.39, 0.29) is 23.9 Å². The fourth-order valence-corrected chi connectivity index (χ4v) is 1.89. The highest BCUT2D eigenvalue weighted by molar-refractivity contribution is 5.85. The van der Waals surface area contributed by atoms with Crippen molar-refractivity contribution >= 4 is 11.8 Å². The molecule has 1 aromatic carbocycles. The summed E-state index contributed by atoms with van der Waals surface area (Å²) < 4.78 is 5.23. The molecule has 5 heteroatoms. The second-order valence-electron chi connectivity index (χ2n) is 5.89. The first kappa shape index (κ1) is 17.0. The van der Waals surface area contributed by atoms with Gasteiger partial charge in [-0.05, 0) is 38.8 Å². The maximum atomic E-state index is 11.8. The summed E-state index contributed by atoms with van der Waals surface area (Å²) in [5.41, 5.74) is 0.688. The fourth-order valence-electron chi connectivity index (χ4n) is 1.89. The highest BCUT2D eigenvalue weighted by Gasteiger charge is 2.14. The van der Waals surface area contributed by atoms with E-state index in [2.05, 4.69) is 10.6 Å². The van der Waals surface area contributed by atoms with Crippen LogP contribution < -0.4 is 15.4 Å². The minimum absolute atomic E-state index is 0.00201. The maximum absolute atomic E-state index is 11.8. The third-order valence-electron chi connectivity index (χ3n) is 2.77. The zero-order chi connectivity index (χ0) is 15.9. The Labute approximate surface area is 126 Å². The van der Waals surface area contributed by atoms with Gasteiger partial charge in [0.05, 0.1) is 13.7 Å². The van der Waals surface area contributed by atoms with Crippen LogP contribution in [0.4, 0.5) is 0 Å². The van der Waals surface area contributed by atoms with Crippen LogP contribution in [0.1, 0.15) is 32.8 Å². The molecule has 2 amide bonds. The van der Waals surface area contributed by atoms with E-state index in [4.69, 9.17) is 4.74 Å². The molecular formula is C16H24N2O3. The molecule has 0 heterocycles. The Morgan fingerprint density at radius 3 is 2.43 bits per heavy atom. The van der Waals surface area contributed by atoms with Crippen LogP contribution in [0, 0.1) is 0 Å². The van der Waals surface area contributed by atoms with Crippen molar-refractivity contribution in [1.29, 1.82) is 0 Å². The Hall–Kier alpha value is -2.04. The van der Waals surface area contributed by atoms with Crippen LogP contribution in [0.25, 0.3) is 0 Å². The average molecular weight is 292 g/mol. The zero-order valence-corrected chi connectivity index (χ0v) is 13.2. The molecule has 5 nitrogen and oxygen atoms in total. The van der Waals surface area contributed by atoms with E-state index in [9.17, 15) is 9.59 Å². The molecule has 0 aromatic heterocycles. The number of hydrogen-bond acceptors (Lipinski definition) is 3. The molecule has 0 atom stereocenters. The largest absolute Gasteiger partial charge is 0.496 e. The van der Waals surface area contributed by atoms with E-state index in [0.29, 0.717) is 12.8 Å². The van der Waals surface area contributed by atoms with Crippen LogP contribution in [0.5, 0.6) is 5.75 Å². The number of para-hydroxylation sites is 1. The Morgan fingerprint density at radius 1 is 1.14 bits per heavy atom. The van der Waals surface area contributed by atoms with Gasteiger partial charge in [-0.2, -0.15) is 0 Å². The molecule has 116 valence electrons. The van der Waals surface area contributed by atoms with Crippen molar-refractivity contribution in [2.75, 3.05) is 13.7 Å². The van der Waals surface area contributed by atoms with Gasteiger partial charge in [-0.1, -0.05) is 18.2 Å². The van der Waals surface area contributed by atoms with Gasteiger partial charge in [0.1, 0.15) is 5.75 Å². The highest BCUT2D eigenvalue weighted by Crippen LogP contribution is 2.18. The van der Waals surface area contributed by atoms with E-state index < -0.39 is 0 Å². The molecule has 0 bridgehead atoms. The molecule has 1 rings (SSSR count). The number of ether oxygens (including phenoxy) is 1. The third kappa shape index (κ3) is 6.79. The lowest BCUT2D eigenvalue weighted by molar-refractivity contribution is -0.126. The van der Waals surface area contributed by atoms with Crippen molar-refractivity contribution in [3.63, 3.8) is 0 Å². The lowest BCUT2D eigenvalue weighted by Gasteiger charge is -2.20. The van der Waals surface area contributed by atoms with Gasteiger partial charge in [0.15, 0.2) is 0 Å². The summed E-state index contributed by atoms with van der Waals surface area (Å²) in [4.78, 5) is 23.3. The Balaban J connectivity index is 2.36. The lowest BCUT2D eigenvalue weighted by Crippen LogP contribution is -2.45. The first-order valence-electron chi connectivity index (χ1n) is 7.01. The summed E-state index contributed by atoms with van der Waals surface area (Å²) in [5.74, 6) is 0.439. The number of aryl methyl sites for hydroxylation is 1. The number of amides is 2. The van der Waals surface area contributed by atoms with Crippen LogP contribution in [-0.2, 0) is 16.0 Å². The van der Waals surface area contributed by atoms with Crippen LogP contribution >= 0.6 is 0 Å². The average Bonchev–Trinajstić information content (AvgIpc) is 2.41. The number of carbonyl (C=O) groups excluding carboxylic acids is 2. The van der Waals surface area contributed by atoms with Gasteiger partial charge in [-0.3, -0.25) is 9.59 Å². The van der Waals surface area contributed by atoms with E-state index in [1.54, 1.807) is 7.11 Å². The first-order chi connectivity index (χ1) is 9.81. The fraction of sp³-hybridized carbons (Fsp3) is 0.500. The van der Waals surface area contributed by atoms with Crippen LogP contribution in [0.2, 0.25) is 0 Å². The maximum Gasteiger partial charge on any atom is 0.239 e. The SMILES string of the molecule is COc1ccccc1CCC(=O)NCC(=O)NC(C)(C)C. The minimum Gasteiger partial charge on any atom is -0.496 e. The zero-order valence-electron chi connectivity index (χ0n) is 13.2. The molecule has 0 fully saturated rings. The van der Waals surface area contributed by atoms with Crippen LogP contribution in [-0.4, -0.2) is 31.0 Å². The molecule has 0 aliphatic carbocycles. The molecule has 1 aromatic rings. The van der Waals surface area contributed by atoms with Crippen molar-refractivity contribution in [3.8, 4) is 5.75 Å². The Bertz CT molecular complexity index is 493. The summed E-state index contributed by atoms with van der Waals surface area (Å²) in [5, 5.41) is 5.41. The lowest BCUT2D eigenvalue weighted by atomic mass is 10.1. The topological polar surface area (TPSA) is 67.4 Å². The number of rotatable bonds is 6. The second-order valence-corrected chi connectivity index (χ2v) is 5.89. The van der Waals surface area contributed by atoms with E-state index in [1.807, 2.05) is 45.0 Å². The van der Waals surface area contributed by atoms with Gasteiger partial charge < -0.3 is 15.4 Å². The number of benzene rings is 1. The number of methoxy groups -OCH3 is 1. The third-order valence-corrected chi connectivity index (χ3v) is 2.77. The predicted molar refractivity (Wildman–Crippen MR) is 82.2 cm³/mol. The molecule has 2 N–H and O–H groups in total. The number of carbonyl (C=O) groups is 2. The van der Waals surface area contributed by atoms with Crippen LogP contribution in [0.15, 0.2) is 24.3 Å². The van der Waals surface area contributed by atoms with Gasteiger partial charge in [0.2, 0.25) is 11.8 Å². The smallest absolute Gasteiger partial charge is 0.239 e. The molecule has 0 unspecified atom stereocenters. The van der Waals surface area contributed by atoms with Gasteiger partial charge >= 0.3 is 0 Å². The molecular weight excluding hydrogens is 268 g/mol. The quantitative estimate of drug-likeness (QED) is 0.838. The predicted octanol–water partition coefficient (Wildman–Crippen LogP) is 1.66. The molecule has 0 aliphatic rings. The van der Waals surface area contributed by atoms with Crippen molar-refractivity contribution < 1.29 is 14.3 Å². The second kappa shape index (κ2) is 7.67. The monoisotopic (exact) mass is 292 g/mol. The van der Waals surface area contributed by atoms with Crippen molar-refractivity contribution in [1.82, 2.24) is 10.6 Å². The first-order valence-corrected chi connectivity index (χ1v) is 7.01. The molecule has 0 saturated carbocycles. The Kier molecular flexibility index (Phi) is 6.21.